The van der Waals surface area contributed by atoms with Crippen molar-refractivity contribution in [3.05, 3.63) is 0 Å². The molecule has 2 N–H and O–H groups in total. The molecule has 0 amide bonds. The molecule has 0 aromatic heterocycles. The fourth-order valence-corrected chi connectivity index (χ4v) is 2.05. The third-order valence-corrected chi connectivity index (χ3v) is 2.16. The van der Waals surface area contributed by atoms with Gasteiger partial charge in [0.1, 0.15) is 0 Å². The van der Waals surface area contributed by atoms with Gasteiger partial charge >= 0.3 is 0 Å². The Morgan fingerprint density at radius 3 is 2.00 bits per heavy atom. The highest BCUT2D eigenvalue weighted by atomic mass is 16.2. The highest BCUT2D eigenvalue weighted by Gasteiger charge is 2.24. The Morgan fingerprint density at radius 2 is 1.57 bits per heavy atom. The number of aliphatic hydroxyl groups is 1. The number of aliphatic hydroxyl groups excluding tert-OH is 1. The van der Waals surface area contributed by atoms with Crippen LogP contribution in [0.1, 0.15) is 53.9 Å². The second-order valence-electron chi connectivity index (χ2n) is 5.98. The predicted molar refractivity (Wildman–Crippen MR) is 62.5 cm³/mol. The van der Waals surface area contributed by atoms with E-state index in [1.54, 1.807) is 0 Å². The van der Waals surface area contributed by atoms with Gasteiger partial charge in [0, 0.05) is 12.1 Å². The largest absolute Gasteiger partial charge is 0.396 e. The summed E-state index contributed by atoms with van der Waals surface area (Å²) in [5, 5.41) is 12.2. The zero-order valence-electron chi connectivity index (χ0n) is 10.5. The quantitative estimate of drug-likeness (QED) is 0.647. The molecule has 0 aromatic rings. The maximum atomic E-state index is 8.65. The predicted octanol–water partition coefficient (Wildman–Crippen LogP) is 2.56. The van der Waals surface area contributed by atoms with Gasteiger partial charge in [0.2, 0.25) is 0 Å². The third kappa shape index (κ3) is 8.52. The van der Waals surface area contributed by atoms with Gasteiger partial charge in [0.25, 0.3) is 0 Å². The van der Waals surface area contributed by atoms with Crippen LogP contribution >= 0.6 is 0 Å². The second-order valence-corrected chi connectivity index (χ2v) is 5.98. The van der Waals surface area contributed by atoms with Crippen molar-refractivity contribution in [3.8, 4) is 0 Å². The van der Waals surface area contributed by atoms with Crippen LogP contribution in [0, 0.1) is 5.41 Å². The van der Waals surface area contributed by atoms with E-state index in [9.17, 15) is 0 Å². The van der Waals surface area contributed by atoms with Crippen LogP contribution in [0.3, 0.4) is 0 Å². The van der Waals surface area contributed by atoms with Crippen molar-refractivity contribution in [3.63, 3.8) is 0 Å². The minimum atomic E-state index is 0.202. The molecule has 0 rings (SSSR count). The molecule has 0 saturated heterocycles. The van der Waals surface area contributed by atoms with Crippen LogP contribution in [0.25, 0.3) is 0 Å². The summed E-state index contributed by atoms with van der Waals surface area (Å²) in [6, 6.07) is 0. The summed E-state index contributed by atoms with van der Waals surface area (Å²) in [5.41, 5.74) is 0.571. The molecule has 0 radical (unpaired) electrons. The lowest BCUT2D eigenvalue weighted by atomic mass is 9.82. The van der Waals surface area contributed by atoms with E-state index in [4.69, 9.17) is 5.11 Å². The molecule has 0 aliphatic rings. The highest BCUT2D eigenvalue weighted by Crippen LogP contribution is 2.26. The van der Waals surface area contributed by atoms with E-state index in [0.717, 1.165) is 19.4 Å². The third-order valence-electron chi connectivity index (χ3n) is 2.16. The minimum absolute atomic E-state index is 0.202. The van der Waals surface area contributed by atoms with E-state index in [0.29, 0.717) is 12.0 Å². The number of nitrogens with one attached hydrogen (secondary N) is 1. The van der Waals surface area contributed by atoms with Gasteiger partial charge in [-0.2, -0.15) is 0 Å². The average molecular weight is 201 g/mol. The zero-order chi connectivity index (χ0) is 11.2. The summed E-state index contributed by atoms with van der Waals surface area (Å²) in [6.45, 7) is 12.6. The molecule has 0 aliphatic carbocycles. The lowest BCUT2D eigenvalue weighted by Gasteiger charge is -2.33. The number of hydrogen-bond donors (Lipinski definition) is 2. The first-order chi connectivity index (χ1) is 6.27. The molecule has 0 fully saturated rings. The lowest BCUT2D eigenvalue weighted by molar-refractivity contribution is 0.235. The Bertz CT molecular complexity index is 147. The van der Waals surface area contributed by atoms with Gasteiger partial charge in [-0.05, 0) is 45.1 Å². The van der Waals surface area contributed by atoms with Crippen molar-refractivity contribution in [2.75, 3.05) is 13.2 Å². The number of hydrogen-bond acceptors (Lipinski definition) is 2. The fourth-order valence-electron chi connectivity index (χ4n) is 2.05. The summed E-state index contributed by atoms with van der Waals surface area (Å²) in [5.74, 6) is 0. The van der Waals surface area contributed by atoms with Crippen LogP contribution in [0.2, 0.25) is 0 Å². The molecule has 0 spiro atoms. The Morgan fingerprint density at radius 1 is 1.00 bits per heavy atom. The Labute approximate surface area is 89.1 Å². The summed E-state index contributed by atoms with van der Waals surface area (Å²) in [7, 11) is 0. The maximum Gasteiger partial charge on any atom is 0.0431 e. The van der Waals surface area contributed by atoms with E-state index in [1.165, 1.54) is 6.42 Å². The van der Waals surface area contributed by atoms with E-state index in [2.05, 4.69) is 39.9 Å². The summed E-state index contributed by atoms with van der Waals surface area (Å²) >= 11 is 0. The van der Waals surface area contributed by atoms with Crippen molar-refractivity contribution in [1.82, 2.24) is 5.32 Å². The Kier molecular flexibility index (Phi) is 5.68. The van der Waals surface area contributed by atoms with Crippen molar-refractivity contribution in [2.24, 2.45) is 5.41 Å². The van der Waals surface area contributed by atoms with Crippen molar-refractivity contribution >= 4 is 0 Å². The zero-order valence-corrected chi connectivity index (χ0v) is 10.5. The molecule has 2 heteroatoms. The van der Waals surface area contributed by atoms with Gasteiger partial charge in [0.05, 0.1) is 0 Å². The summed E-state index contributed by atoms with van der Waals surface area (Å²) in [4.78, 5) is 0. The first-order valence-corrected chi connectivity index (χ1v) is 5.63. The van der Waals surface area contributed by atoms with Crippen LogP contribution in [0.15, 0.2) is 0 Å². The molecule has 14 heavy (non-hydrogen) atoms. The van der Waals surface area contributed by atoms with Crippen LogP contribution in [-0.2, 0) is 0 Å². The monoisotopic (exact) mass is 201 g/mol. The molecule has 86 valence electrons. The van der Waals surface area contributed by atoms with Crippen molar-refractivity contribution in [1.29, 1.82) is 0 Å². The Hall–Kier alpha value is -0.0800. The molecule has 0 atom stereocenters. The normalized spacial score (nSPS) is 13.3. The first-order valence-electron chi connectivity index (χ1n) is 5.63. The van der Waals surface area contributed by atoms with Crippen molar-refractivity contribution in [2.45, 2.75) is 59.4 Å². The van der Waals surface area contributed by atoms with Gasteiger partial charge in [-0.3, -0.25) is 0 Å². The van der Waals surface area contributed by atoms with Gasteiger partial charge in [-0.25, -0.2) is 0 Å². The van der Waals surface area contributed by atoms with Gasteiger partial charge in [-0.15, -0.1) is 0 Å². The molecule has 2 nitrogen and oxygen atoms in total. The summed E-state index contributed by atoms with van der Waals surface area (Å²) < 4.78 is 0. The van der Waals surface area contributed by atoms with Gasteiger partial charge in [-0.1, -0.05) is 20.8 Å². The van der Waals surface area contributed by atoms with Crippen LogP contribution in [-0.4, -0.2) is 23.8 Å². The van der Waals surface area contributed by atoms with E-state index in [-0.39, 0.29) is 5.54 Å². The van der Waals surface area contributed by atoms with E-state index in [1.807, 2.05) is 0 Å². The van der Waals surface area contributed by atoms with Crippen molar-refractivity contribution < 1.29 is 5.11 Å². The molecule has 0 aromatic carbocycles. The number of unbranched alkanes of at least 4 members (excludes halogenated alkanes) is 1. The molecule has 0 unspecified atom stereocenters. The smallest absolute Gasteiger partial charge is 0.0431 e. The topological polar surface area (TPSA) is 32.3 Å². The van der Waals surface area contributed by atoms with Crippen LogP contribution in [0.5, 0.6) is 0 Å². The molecular weight excluding hydrogens is 174 g/mol. The minimum Gasteiger partial charge on any atom is -0.396 e. The second kappa shape index (κ2) is 5.72. The average Bonchev–Trinajstić information content (AvgIpc) is 1.93. The van der Waals surface area contributed by atoms with E-state index < -0.39 is 0 Å². The lowest BCUT2D eigenvalue weighted by Crippen LogP contribution is -2.42. The maximum absolute atomic E-state index is 8.65. The van der Waals surface area contributed by atoms with Gasteiger partial charge in [0.15, 0.2) is 0 Å². The van der Waals surface area contributed by atoms with Gasteiger partial charge < -0.3 is 10.4 Å². The summed E-state index contributed by atoms with van der Waals surface area (Å²) in [6.07, 6.45) is 3.13. The number of rotatable bonds is 6. The molecule has 0 saturated carbocycles. The molecule has 0 aliphatic heterocycles. The highest BCUT2D eigenvalue weighted by molar-refractivity contribution is 4.82. The van der Waals surface area contributed by atoms with Crippen LogP contribution in [0.4, 0.5) is 0 Å². The molecule has 0 bridgehead atoms. The Balaban J connectivity index is 3.72. The standard InChI is InChI=1S/C12H27NO/c1-11(2,3)10-12(4,5)13-8-6-7-9-14/h13-14H,6-10H2,1-5H3. The fraction of sp³-hybridized carbons (Fsp3) is 1.00. The first kappa shape index (κ1) is 13.9. The molecular formula is C12H27NO. The van der Waals surface area contributed by atoms with Crippen LogP contribution < -0.4 is 5.32 Å². The SMILES string of the molecule is CC(C)(C)CC(C)(C)NCCCCO. The molecule has 0 heterocycles. The van der Waals surface area contributed by atoms with E-state index >= 15 is 0 Å².